The van der Waals surface area contributed by atoms with E-state index < -0.39 is 34.9 Å². The number of carbonyl (C=O) groups is 3. The number of nitrogen functional groups attached to an aromatic ring is 1. The van der Waals surface area contributed by atoms with E-state index in [0.717, 1.165) is 19.2 Å². The van der Waals surface area contributed by atoms with Crippen molar-refractivity contribution in [2.45, 2.75) is 32.5 Å². The van der Waals surface area contributed by atoms with Crippen LogP contribution in [0.3, 0.4) is 0 Å². The van der Waals surface area contributed by atoms with Crippen molar-refractivity contribution in [3.63, 3.8) is 0 Å². The Morgan fingerprint density at radius 1 is 1.20 bits per heavy atom. The van der Waals surface area contributed by atoms with Crippen LogP contribution in [-0.4, -0.2) is 41.9 Å². The summed E-state index contributed by atoms with van der Waals surface area (Å²) in [6.45, 7) is 4.31. The number of rotatable bonds is 9. The molecule has 0 radical (unpaired) electrons. The van der Waals surface area contributed by atoms with E-state index in [-0.39, 0.29) is 41.3 Å². The molecule has 35 heavy (non-hydrogen) atoms. The summed E-state index contributed by atoms with van der Waals surface area (Å²) in [7, 11) is 0.861. The zero-order valence-corrected chi connectivity index (χ0v) is 19.1. The van der Waals surface area contributed by atoms with Crippen molar-refractivity contribution in [3.8, 4) is 17.4 Å². The number of Topliss-reactive ketones (excluding diaryl/α,β-unsaturated/α-hetero) is 1. The van der Waals surface area contributed by atoms with Gasteiger partial charge in [0.1, 0.15) is 11.5 Å². The smallest absolute Gasteiger partial charge is 0.431 e. The van der Waals surface area contributed by atoms with E-state index in [2.05, 4.69) is 4.98 Å². The van der Waals surface area contributed by atoms with Crippen molar-refractivity contribution in [2.75, 3.05) is 17.7 Å². The van der Waals surface area contributed by atoms with Crippen LogP contribution in [0.25, 0.3) is 0 Å². The largest absolute Gasteiger partial charge is 0.461 e. The van der Waals surface area contributed by atoms with Crippen LogP contribution in [0.4, 0.5) is 28.9 Å². The standard InChI is InChI=1S/C22H22F4N4O5/c1-12(32)21(2,3)35-20-16(6-5-7-28-20)34-17-9-15(13(23)8-14(17)27)30(4)18(22(24,25)26)10-19(33)29-11-31/h5-11H,27H2,1-4H3,(H,29,31,33)/b18-10-. The molecule has 0 spiro atoms. The summed E-state index contributed by atoms with van der Waals surface area (Å²) in [5.74, 6) is -3.26. The summed E-state index contributed by atoms with van der Waals surface area (Å²) in [6.07, 6.45) is -3.73. The monoisotopic (exact) mass is 498 g/mol. The molecule has 1 aromatic heterocycles. The van der Waals surface area contributed by atoms with E-state index in [1.807, 2.05) is 0 Å². The maximum Gasteiger partial charge on any atom is 0.431 e. The normalized spacial score (nSPS) is 12.1. The average Bonchev–Trinajstić information content (AvgIpc) is 2.74. The minimum absolute atomic E-state index is 0.0503. The van der Waals surface area contributed by atoms with Crippen LogP contribution in [0, 0.1) is 5.82 Å². The molecule has 2 aromatic rings. The molecule has 0 fully saturated rings. The van der Waals surface area contributed by atoms with Crippen LogP contribution in [0.2, 0.25) is 0 Å². The van der Waals surface area contributed by atoms with Gasteiger partial charge in [0.25, 0.3) is 11.8 Å². The fraction of sp³-hybridized carbons (Fsp3) is 0.273. The number of ketones is 1. The van der Waals surface area contributed by atoms with E-state index in [9.17, 15) is 31.9 Å². The van der Waals surface area contributed by atoms with Crippen molar-refractivity contribution in [3.05, 3.63) is 48.1 Å². The first-order valence-electron chi connectivity index (χ1n) is 9.86. The van der Waals surface area contributed by atoms with Crippen molar-refractivity contribution in [1.82, 2.24) is 10.3 Å². The lowest BCUT2D eigenvalue weighted by molar-refractivity contribution is -0.129. The van der Waals surface area contributed by atoms with Crippen LogP contribution < -0.4 is 25.4 Å². The number of amides is 2. The number of hydrogen-bond acceptors (Lipinski definition) is 8. The van der Waals surface area contributed by atoms with Gasteiger partial charge in [0.2, 0.25) is 6.41 Å². The Kier molecular flexibility index (Phi) is 8.05. The fourth-order valence-corrected chi connectivity index (χ4v) is 2.59. The number of imide groups is 1. The molecule has 0 aliphatic carbocycles. The number of nitrogens with one attached hydrogen (secondary N) is 1. The molecule has 13 heteroatoms. The highest BCUT2D eigenvalue weighted by molar-refractivity contribution is 5.95. The van der Waals surface area contributed by atoms with Gasteiger partial charge in [-0.2, -0.15) is 13.2 Å². The Morgan fingerprint density at radius 3 is 2.43 bits per heavy atom. The minimum Gasteiger partial charge on any atom is -0.461 e. The van der Waals surface area contributed by atoms with Crippen LogP contribution in [0.15, 0.2) is 42.2 Å². The number of allylic oxidation sites excluding steroid dienone is 1. The van der Waals surface area contributed by atoms with Crippen molar-refractivity contribution < 1.29 is 41.4 Å². The molecule has 2 amide bonds. The molecule has 0 saturated carbocycles. The van der Waals surface area contributed by atoms with E-state index in [1.165, 1.54) is 39.1 Å². The summed E-state index contributed by atoms with van der Waals surface area (Å²) < 4.78 is 66.7. The Morgan fingerprint density at radius 2 is 1.86 bits per heavy atom. The number of nitrogens with zero attached hydrogens (tertiary/aromatic N) is 2. The topological polar surface area (TPSA) is 124 Å². The van der Waals surface area contributed by atoms with Crippen molar-refractivity contribution >= 4 is 29.5 Å². The van der Waals surface area contributed by atoms with Gasteiger partial charge in [-0.1, -0.05) is 0 Å². The second kappa shape index (κ2) is 10.4. The van der Waals surface area contributed by atoms with E-state index in [4.69, 9.17) is 15.2 Å². The molecule has 3 N–H and O–H groups in total. The highest BCUT2D eigenvalue weighted by atomic mass is 19.4. The molecule has 0 bridgehead atoms. The number of benzene rings is 1. The lowest BCUT2D eigenvalue weighted by Crippen LogP contribution is -2.36. The predicted molar refractivity (Wildman–Crippen MR) is 117 cm³/mol. The molecular formula is C22H22F4N4O5. The quantitative estimate of drug-likeness (QED) is 0.233. The first-order valence-corrected chi connectivity index (χ1v) is 9.86. The summed E-state index contributed by atoms with van der Waals surface area (Å²) >= 11 is 0. The Labute approximate surface area is 197 Å². The molecule has 0 atom stereocenters. The molecule has 188 valence electrons. The fourth-order valence-electron chi connectivity index (χ4n) is 2.59. The van der Waals surface area contributed by atoms with Gasteiger partial charge >= 0.3 is 6.18 Å². The third kappa shape index (κ3) is 6.68. The summed E-state index contributed by atoms with van der Waals surface area (Å²) in [5.41, 5.74) is 2.05. The molecule has 2 rings (SSSR count). The zero-order valence-electron chi connectivity index (χ0n) is 19.1. The van der Waals surface area contributed by atoms with Gasteiger partial charge in [-0.05, 0) is 32.9 Å². The number of pyridine rings is 1. The highest BCUT2D eigenvalue weighted by Gasteiger charge is 2.38. The van der Waals surface area contributed by atoms with Gasteiger partial charge in [0.05, 0.1) is 11.4 Å². The summed E-state index contributed by atoms with van der Waals surface area (Å²) in [4.78, 5) is 38.1. The van der Waals surface area contributed by atoms with Gasteiger partial charge in [-0.3, -0.25) is 19.7 Å². The number of halogens is 4. The predicted octanol–water partition coefficient (Wildman–Crippen LogP) is 3.50. The molecule has 0 unspecified atom stereocenters. The van der Waals surface area contributed by atoms with Gasteiger partial charge < -0.3 is 20.1 Å². The molecular weight excluding hydrogens is 476 g/mol. The number of anilines is 2. The maximum absolute atomic E-state index is 14.6. The summed E-state index contributed by atoms with van der Waals surface area (Å²) in [5, 5.41) is 1.55. The Bertz CT molecular complexity index is 1170. The SMILES string of the molecule is CC(=O)C(C)(C)Oc1ncccc1Oc1cc(N(C)/C(=C\C(=O)NC=O)C(F)(F)F)c(F)cc1N. The van der Waals surface area contributed by atoms with Crippen LogP contribution in [0.5, 0.6) is 17.4 Å². The first kappa shape index (κ1) is 27.1. The number of aromatic nitrogens is 1. The van der Waals surface area contributed by atoms with E-state index in [0.29, 0.717) is 4.90 Å². The molecule has 1 heterocycles. The van der Waals surface area contributed by atoms with Crippen LogP contribution in [-0.2, 0) is 14.4 Å². The zero-order chi connectivity index (χ0) is 26.6. The third-order valence-corrected chi connectivity index (χ3v) is 4.72. The second-order valence-electron chi connectivity index (χ2n) is 7.63. The van der Waals surface area contributed by atoms with Crippen molar-refractivity contribution in [2.24, 2.45) is 0 Å². The molecule has 0 aliphatic heterocycles. The Balaban J connectivity index is 2.52. The van der Waals surface area contributed by atoms with Crippen LogP contribution in [0.1, 0.15) is 20.8 Å². The highest BCUT2D eigenvalue weighted by Crippen LogP contribution is 2.39. The third-order valence-electron chi connectivity index (χ3n) is 4.72. The molecule has 1 aromatic carbocycles. The number of carbonyl (C=O) groups excluding carboxylic acids is 3. The second-order valence-corrected chi connectivity index (χ2v) is 7.63. The van der Waals surface area contributed by atoms with Gasteiger partial charge in [-0.25, -0.2) is 9.37 Å². The van der Waals surface area contributed by atoms with E-state index in [1.54, 1.807) is 5.32 Å². The number of nitrogens with two attached hydrogens (primary N) is 1. The van der Waals surface area contributed by atoms with Gasteiger partial charge in [0.15, 0.2) is 22.9 Å². The van der Waals surface area contributed by atoms with E-state index >= 15 is 0 Å². The molecule has 9 nitrogen and oxygen atoms in total. The Hall–Kier alpha value is -4.16. The van der Waals surface area contributed by atoms with Crippen LogP contribution >= 0.6 is 0 Å². The average molecular weight is 498 g/mol. The first-order chi connectivity index (χ1) is 16.2. The van der Waals surface area contributed by atoms with Crippen molar-refractivity contribution in [1.29, 1.82) is 0 Å². The number of alkyl halides is 3. The molecule has 0 saturated heterocycles. The van der Waals surface area contributed by atoms with Gasteiger partial charge in [0, 0.05) is 31.5 Å². The maximum atomic E-state index is 14.6. The lowest BCUT2D eigenvalue weighted by atomic mass is 10.1. The van der Waals surface area contributed by atoms with Gasteiger partial charge in [-0.15, -0.1) is 0 Å². The minimum atomic E-state index is -5.09. The summed E-state index contributed by atoms with van der Waals surface area (Å²) in [6, 6.07) is 4.48. The number of ether oxygens (including phenoxy) is 2. The lowest BCUT2D eigenvalue weighted by Gasteiger charge is -2.26. The number of hydrogen-bond donors (Lipinski definition) is 2. The molecule has 0 aliphatic rings.